The van der Waals surface area contributed by atoms with Crippen LogP contribution in [0.1, 0.15) is 58.9 Å². The topological polar surface area (TPSA) is 68.0 Å². The Kier molecular flexibility index (Phi) is 6.47. The quantitative estimate of drug-likeness (QED) is 0.485. The van der Waals surface area contributed by atoms with Crippen LogP contribution in [0.4, 0.5) is 5.69 Å². The highest BCUT2D eigenvalue weighted by atomic mass is 16.4. The molecule has 0 aliphatic heterocycles. The summed E-state index contributed by atoms with van der Waals surface area (Å²) in [5.74, 6) is 0.859. The Labute approximate surface area is 172 Å². The second kappa shape index (κ2) is 9.03. The molecule has 5 heteroatoms. The molecule has 3 rings (SSSR count). The highest BCUT2D eigenvalue weighted by molar-refractivity contribution is 5.94. The van der Waals surface area contributed by atoms with Crippen LogP contribution in [-0.4, -0.2) is 16.1 Å². The smallest absolute Gasteiger partial charge is 0.250 e. The van der Waals surface area contributed by atoms with Crippen LogP contribution in [0.2, 0.25) is 0 Å². The van der Waals surface area contributed by atoms with E-state index in [9.17, 15) is 4.79 Å². The first-order chi connectivity index (χ1) is 13.9. The van der Waals surface area contributed by atoms with Gasteiger partial charge in [0.1, 0.15) is 0 Å². The molecule has 0 saturated carbocycles. The molecule has 0 fully saturated rings. The van der Waals surface area contributed by atoms with Crippen molar-refractivity contribution in [1.82, 2.24) is 10.2 Å². The second-order valence-corrected chi connectivity index (χ2v) is 8.29. The van der Waals surface area contributed by atoms with Gasteiger partial charge < -0.3 is 9.73 Å². The van der Waals surface area contributed by atoms with Crippen molar-refractivity contribution in [3.63, 3.8) is 0 Å². The van der Waals surface area contributed by atoms with Gasteiger partial charge in [-0.25, -0.2) is 0 Å². The molecule has 2 aromatic carbocycles. The number of carbonyl (C=O) groups excluding carboxylic acids is 1. The third kappa shape index (κ3) is 5.31. The average Bonchev–Trinajstić information content (AvgIpc) is 3.18. The monoisotopic (exact) mass is 391 g/mol. The Hall–Kier alpha value is -2.95. The summed E-state index contributed by atoms with van der Waals surface area (Å²) in [5, 5.41) is 11.4. The Bertz CT molecular complexity index is 953. The van der Waals surface area contributed by atoms with Gasteiger partial charge in [-0.1, -0.05) is 64.8 Å². The van der Waals surface area contributed by atoms with Crippen LogP contribution < -0.4 is 5.32 Å². The fourth-order valence-corrected chi connectivity index (χ4v) is 3.09. The first kappa shape index (κ1) is 20.8. The minimum atomic E-state index is 0.00316. The minimum absolute atomic E-state index is 0.00316. The van der Waals surface area contributed by atoms with Gasteiger partial charge in [-0.15, -0.1) is 10.2 Å². The fraction of sp³-hybridized carbons (Fsp3) is 0.375. The second-order valence-electron chi connectivity index (χ2n) is 8.29. The van der Waals surface area contributed by atoms with E-state index < -0.39 is 0 Å². The number of para-hydroxylation sites is 1. The minimum Gasteiger partial charge on any atom is -0.416 e. The van der Waals surface area contributed by atoms with E-state index >= 15 is 0 Å². The van der Waals surface area contributed by atoms with Crippen molar-refractivity contribution in [2.45, 2.75) is 58.8 Å². The summed E-state index contributed by atoms with van der Waals surface area (Å²) < 4.78 is 5.93. The summed E-state index contributed by atoms with van der Waals surface area (Å²) in [4.78, 5) is 12.2. The van der Waals surface area contributed by atoms with E-state index in [1.807, 2.05) is 36.4 Å². The number of benzene rings is 2. The van der Waals surface area contributed by atoms with Gasteiger partial charge in [0.2, 0.25) is 17.7 Å². The van der Waals surface area contributed by atoms with E-state index in [2.05, 4.69) is 55.3 Å². The summed E-state index contributed by atoms with van der Waals surface area (Å²) in [6, 6.07) is 15.7. The summed E-state index contributed by atoms with van der Waals surface area (Å²) >= 11 is 0. The zero-order valence-electron chi connectivity index (χ0n) is 17.7. The summed E-state index contributed by atoms with van der Waals surface area (Å²) in [6.07, 6.45) is 3.54. The highest BCUT2D eigenvalue weighted by Crippen LogP contribution is 2.30. The zero-order chi connectivity index (χ0) is 20.9. The predicted molar refractivity (Wildman–Crippen MR) is 117 cm³/mol. The number of rotatable bonds is 7. The number of nitrogens with one attached hydrogen (secondary N) is 1. The van der Waals surface area contributed by atoms with Gasteiger partial charge in [-0.05, 0) is 41.7 Å². The molecular formula is C24H29N3O2. The Balaban J connectivity index is 1.79. The normalized spacial score (nSPS) is 11.4. The van der Waals surface area contributed by atoms with Crippen LogP contribution in [0.5, 0.6) is 0 Å². The molecule has 5 nitrogen and oxygen atoms in total. The van der Waals surface area contributed by atoms with Crippen LogP contribution in [0.25, 0.3) is 22.9 Å². The molecule has 0 saturated heterocycles. The highest BCUT2D eigenvalue weighted by Gasteiger charge is 2.17. The third-order valence-electron chi connectivity index (χ3n) is 4.86. The molecule has 29 heavy (non-hydrogen) atoms. The van der Waals surface area contributed by atoms with Gasteiger partial charge in [-0.3, -0.25) is 4.79 Å². The van der Waals surface area contributed by atoms with E-state index in [0.29, 0.717) is 23.9 Å². The number of hydrogen-bond donors (Lipinski definition) is 1. The Morgan fingerprint density at radius 1 is 0.966 bits per heavy atom. The van der Waals surface area contributed by atoms with E-state index in [4.69, 9.17) is 4.42 Å². The van der Waals surface area contributed by atoms with Crippen molar-refractivity contribution < 1.29 is 9.21 Å². The number of nitrogens with zero attached hydrogens (tertiary/aromatic N) is 2. The van der Waals surface area contributed by atoms with Gasteiger partial charge in [0, 0.05) is 12.0 Å². The molecule has 0 atom stereocenters. The Morgan fingerprint density at radius 2 is 1.66 bits per heavy atom. The van der Waals surface area contributed by atoms with E-state index in [-0.39, 0.29) is 11.3 Å². The first-order valence-corrected chi connectivity index (χ1v) is 10.2. The number of amides is 1. The predicted octanol–water partition coefficient (Wildman–Crippen LogP) is 6.22. The zero-order valence-corrected chi connectivity index (χ0v) is 17.7. The van der Waals surface area contributed by atoms with Gasteiger partial charge in [0.15, 0.2) is 0 Å². The maximum atomic E-state index is 12.2. The molecule has 152 valence electrons. The lowest BCUT2D eigenvalue weighted by atomic mass is 9.87. The summed E-state index contributed by atoms with van der Waals surface area (Å²) in [6.45, 7) is 8.66. The van der Waals surface area contributed by atoms with Crippen molar-refractivity contribution in [3.05, 3.63) is 54.1 Å². The van der Waals surface area contributed by atoms with Crippen molar-refractivity contribution in [2.75, 3.05) is 5.32 Å². The number of unbranched alkanes of at least 4 members (excludes halogenated alkanes) is 2. The van der Waals surface area contributed by atoms with E-state index in [1.165, 1.54) is 5.56 Å². The van der Waals surface area contributed by atoms with Crippen LogP contribution in [-0.2, 0) is 10.2 Å². The van der Waals surface area contributed by atoms with E-state index in [1.54, 1.807) is 0 Å². The van der Waals surface area contributed by atoms with Crippen LogP contribution in [0.3, 0.4) is 0 Å². The number of aromatic nitrogens is 2. The first-order valence-electron chi connectivity index (χ1n) is 10.2. The number of carbonyl (C=O) groups is 1. The van der Waals surface area contributed by atoms with Crippen LogP contribution >= 0.6 is 0 Å². The van der Waals surface area contributed by atoms with E-state index in [0.717, 1.165) is 30.4 Å². The molecular weight excluding hydrogens is 362 g/mol. The van der Waals surface area contributed by atoms with Crippen molar-refractivity contribution >= 4 is 11.6 Å². The summed E-state index contributed by atoms with van der Waals surface area (Å²) in [7, 11) is 0. The molecule has 0 unspecified atom stereocenters. The summed E-state index contributed by atoms with van der Waals surface area (Å²) in [5.41, 5.74) is 3.62. The van der Waals surface area contributed by atoms with Crippen molar-refractivity contribution in [3.8, 4) is 22.9 Å². The van der Waals surface area contributed by atoms with Gasteiger partial charge >= 0.3 is 0 Å². The maximum Gasteiger partial charge on any atom is 0.250 e. The van der Waals surface area contributed by atoms with Crippen LogP contribution in [0.15, 0.2) is 52.9 Å². The molecule has 1 N–H and O–H groups in total. The number of anilines is 1. The third-order valence-corrected chi connectivity index (χ3v) is 4.86. The SMILES string of the molecule is CCCCCC(=O)Nc1ccccc1-c1nnc(-c2ccc(C(C)(C)C)cc2)o1. The fourth-order valence-electron chi connectivity index (χ4n) is 3.09. The maximum absolute atomic E-state index is 12.2. The number of hydrogen-bond acceptors (Lipinski definition) is 4. The largest absolute Gasteiger partial charge is 0.416 e. The van der Waals surface area contributed by atoms with Crippen molar-refractivity contribution in [1.29, 1.82) is 0 Å². The lowest BCUT2D eigenvalue weighted by molar-refractivity contribution is -0.116. The lowest BCUT2D eigenvalue weighted by Crippen LogP contribution is -2.11. The molecule has 0 bridgehead atoms. The van der Waals surface area contributed by atoms with Crippen LogP contribution in [0, 0.1) is 0 Å². The molecule has 0 aliphatic rings. The molecule has 0 spiro atoms. The standard InChI is InChI=1S/C24H29N3O2/c1-5-6-7-12-21(28)25-20-11-9-8-10-19(20)23-27-26-22(29-23)17-13-15-18(16-14-17)24(2,3)4/h8-11,13-16H,5-7,12H2,1-4H3,(H,25,28). The van der Waals surface area contributed by atoms with Gasteiger partial charge in [0.05, 0.1) is 11.3 Å². The average molecular weight is 392 g/mol. The van der Waals surface area contributed by atoms with Gasteiger partial charge in [0.25, 0.3) is 0 Å². The molecule has 1 aromatic heterocycles. The van der Waals surface area contributed by atoms with Crippen molar-refractivity contribution in [2.24, 2.45) is 0 Å². The molecule has 1 amide bonds. The molecule has 1 heterocycles. The lowest BCUT2D eigenvalue weighted by Gasteiger charge is -2.18. The molecule has 0 radical (unpaired) electrons. The molecule has 3 aromatic rings. The molecule has 0 aliphatic carbocycles. The Morgan fingerprint density at radius 3 is 2.34 bits per heavy atom. The van der Waals surface area contributed by atoms with Gasteiger partial charge in [-0.2, -0.15) is 0 Å².